The second kappa shape index (κ2) is 7.41. The van der Waals surface area contributed by atoms with Gasteiger partial charge in [0.25, 0.3) is 0 Å². The summed E-state index contributed by atoms with van der Waals surface area (Å²) >= 11 is 0. The van der Waals surface area contributed by atoms with E-state index in [2.05, 4.69) is 10.3 Å². The number of aryl methyl sites for hydroxylation is 2. The number of alkyl carbamates (subject to hydrolysis) is 1. The van der Waals surface area contributed by atoms with Crippen molar-refractivity contribution in [1.82, 2.24) is 10.3 Å². The van der Waals surface area contributed by atoms with Crippen LogP contribution in [0.2, 0.25) is 0 Å². The Morgan fingerprint density at radius 2 is 1.95 bits per heavy atom. The van der Waals surface area contributed by atoms with Gasteiger partial charge in [-0.25, -0.2) is 4.79 Å². The third-order valence-corrected chi connectivity index (χ3v) is 3.01. The first-order valence-corrected chi connectivity index (χ1v) is 7.24. The Morgan fingerprint density at radius 3 is 2.59 bits per heavy atom. The number of hydrogen-bond donors (Lipinski definition) is 1. The summed E-state index contributed by atoms with van der Waals surface area (Å²) in [4.78, 5) is 16.2. The molecule has 1 aromatic carbocycles. The molecule has 0 radical (unpaired) electrons. The lowest BCUT2D eigenvalue weighted by molar-refractivity contribution is 0.157. The van der Waals surface area contributed by atoms with Crippen LogP contribution in [0.3, 0.4) is 0 Å². The van der Waals surface area contributed by atoms with Crippen molar-refractivity contribution in [1.29, 1.82) is 0 Å². The Balaban J connectivity index is 2.38. The molecule has 1 heterocycles. The average molecular weight is 296 g/mol. The number of aromatic nitrogens is 1. The highest BCUT2D eigenvalue weighted by Crippen LogP contribution is 2.16. The number of ether oxygens (including phenoxy) is 1. The molecule has 0 atom stereocenters. The maximum Gasteiger partial charge on any atom is 0.411 e. The minimum atomic E-state index is -0.470. The number of rotatable bonds is 4. The van der Waals surface area contributed by atoms with Crippen LogP contribution < -0.4 is 5.32 Å². The third-order valence-electron chi connectivity index (χ3n) is 3.01. The molecule has 1 amide bonds. The normalized spacial score (nSPS) is 11.1. The van der Waals surface area contributed by atoms with Crippen LogP contribution in [0, 0.1) is 13.8 Å². The van der Waals surface area contributed by atoms with Gasteiger partial charge >= 0.3 is 6.09 Å². The van der Waals surface area contributed by atoms with Gasteiger partial charge in [0.05, 0.1) is 18.0 Å². The summed E-state index contributed by atoms with van der Waals surface area (Å²) in [7, 11) is 0. The Bertz CT molecular complexity index is 658. The smallest absolute Gasteiger partial charge is 0.411 e. The number of benzene rings is 1. The molecule has 0 aliphatic carbocycles. The first kappa shape index (κ1) is 15.8. The van der Waals surface area contributed by atoms with Crippen molar-refractivity contribution in [3.63, 3.8) is 0 Å². The molecule has 2 aromatic rings. The van der Waals surface area contributed by atoms with Crippen molar-refractivity contribution in [2.75, 3.05) is 6.61 Å². The molecule has 114 valence electrons. The van der Waals surface area contributed by atoms with Gasteiger partial charge < -0.3 is 4.74 Å². The van der Waals surface area contributed by atoms with Crippen LogP contribution in [0.1, 0.15) is 29.4 Å². The fourth-order valence-electron chi connectivity index (χ4n) is 2.18. The van der Waals surface area contributed by atoms with Gasteiger partial charge in [0.15, 0.2) is 0 Å². The van der Waals surface area contributed by atoms with Gasteiger partial charge in [0, 0.05) is 5.69 Å². The molecule has 0 spiro atoms. The zero-order valence-electron chi connectivity index (χ0n) is 13.1. The van der Waals surface area contributed by atoms with Crippen molar-refractivity contribution in [2.45, 2.75) is 20.8 Å². The van der Waals surface area contributed by atoms with Gasteiger partial charge in [-0.2, -0.15) is 0 Å². The largest absolute Gasteiger partial charge is 0.450 e. The predicted octanol–water partition coefficient (Wildman–Crippen LogP) is 3.94. The zero-order chi connectivity index (χ0) is 15.9. The molecular weight excluding hydrogens is 276 g/mol. The van der Waals surface area contributed by atoms with Crippen LogP contribution in [0.25, 0.3) is 11.8 Å². The van der Waals surface area contributed by atoms with Crippen molar-refractivity contribution >= 4 is 17.9 Å². The summed E-state index contributed by atoms with van der Waals surface area (Å²) in [5, 5.41) is 2.78. The van der Waals surface area contributed by atoms with E-state index >= 15 is 0 Å². The SMILES string of the molecule is CCOC(=O)N/C(=C/c1cc(C)cc(C)n1)c1ccccc1. The van der Waals surface area contributed by atoms with E-state index in [1.807, 2.05) is 62.4 Å². The maximum atomic E-state index is 11.8. The Morgan fingerprint density at radius 1 is 1.23 bits per heavy atom. The minimum Gasteiger partial charge on any atom is -0.450 e. The summed E-state index contributed by atoms with van der Waals surface area (Å²) in [6, 6.07) is 13.6. The average Bonchev–Trinajstić information content (AvgIpc) is 2.47. The first-order valence-electron chi connectivity index (χ1n) is 7.24. The number of amides is 1. The number of nitrogens with one attached hydrogen (secondary N) is 1. The Hall–Kier alpha value is -2.62. The van der Waals surface area contributed by atoms with Crippen LogP contribution in [-0.4, -0.2) is 17.7 Å². The topological polar surface area (TPSA) is 51.2 Å². The monoisotopic (exact) mass is 296 g/mol. The van der Waals surface area contributed by atoms with Gasteiger partial charge in [0.2, 0.25) is 0 Å². The Labute approximate surface area is 130 Å². The second-order valence-corrected chi connectivity index (χ2v) is 4.98. The molecular formula is C18H20N2O2. The predicted molar refractivity (Wildman–Crippen MR) is 88.2 cm³/mol. The zero-order valence-corrected chi connectivity index (χ0v) is 13.1. The summed E-state index contributed by atoms with van der Waals surface area (Å²) in [5.74, 6) is 0. The lowest BCUT2D eigenvalue weighted by Crippen LogP contribution is -2.22. The van der Waals surface area contributed by atoms with Crippen molar-refractivity contribution in [3.05, 3.63) is 65.0 Å². The molecule has 0 fully saturated rings. The molecule has 0 saturated heterocycles. The van der Waals surface area contributed by atoms with Gasteiger partial charge in [0.1, 0.15) is 0 Å². The second-order valence-electron chi connectivity index (χ2n) is 4.98. The van der Waals surface area contributed by atoms with Crippen LogP contribution in [0.5, 0.6) is 0 Å². The molecule has 0 aliphatic heterocycles. The van der Waals surface area contributed by atoms with E-state index < -0.39 is 6.09 Å². The maximum absolute atomic E-state index is 11.8. The van der Waals surface area contributed by atoms with Gasteiger partial charge in [-0.05, 0) is 50.1 Å². The molecule has 4 nitrogen and oxygen atoms in total. The molecule has 4 heteroatoms. The lowest BCUT2D eigenvalue weighted by atomic mass is 10.1. The van der Waals surface area contributed by atoms with Gasteiger partial charge in [-0.1, -0.05) is 30.3 Å². The summed E-state index contributed by atoms with van der Waals surface area (Å²) in [6.45, 7) is 6.07. The number of nitrogens with zero attached hydrogens (tertiary/aromatic N) is 1. The fraction of sp³-hybridized carbons (Fsp3) is 0.222. The highest BCUT2D eigenvalue weighted by Gasteiger charge is 2.08. The van der Waals surface area contributed by atoms with Gasteiger partial charge in [-0.3, -0.25) is 10.3 Å². The first-order chi connectivity index (χ1) is 10.6. The van der Waals surface area contributed by atoms with Crippen molar-refractivity contribution in [3.8, 4) is 0 Å². The van der Waals surface area contributed by atoms with Gasteiger partial charge in [-0.15, -0.1) is 0 Å². The molecule has 0 unspecified atom stereocenters. The molecule has 0 saturated carbocycles. The molecule has 22 heavy (non-hydrogen) atoms. The molecule has 0 aliphatic rings. The Kier molecular flexibility index (Phi) is 5.31. The molecule has 2 rings (SSSR count). The van der Waals surface area contributed by atoms with E-state index in [9.17, 15) is 4.79 Å². The molecule has 1 aromatic heterocycles. The highest BCUT2D eigenvalue weighted by molar-refractivity contribution is 5.89. The van der Waals surface area contributed by atoms with Crippen LogP contribution in [0.4, 0.5) is 4.79 Å². The molecule has 0 bridgehead atoms. The van der Waals surface area contributed by atoms with Crippen molar-refractivity contribution in [2.24, 2.45) is 0 Å². The number of carbonyl (C=O) groups is 1. The third kappa shape index (κ3) is 4.45. The minimum absolute atomic E-state index is 0.329. The van der Waals surface area contributed by atoms with E-state index in [4.69, 9.17) is 4.74 Å². The summed E-state index contributed by atoms with van der Waals surface area (Å²) in [5.41, 5.74) is 4.43. The van der Waals surface area contributed by atoms with Crippen molar-refractivity contribution < 1.29 is 9.53 Å². The number of hydrogen-bond acceptors (Lipinski definition) is 3. The lowest BCUT2D eigenvalue weighted by Gasteiger charge is -2.10. The van der Waals surface area contributed by atoms with E-state index in [0.29, 0.717) is 12.3 Å². The van der Waals surface area contributed by atoms with Crippen LogP contribution in [-0.2, 0) is 4.74 Å². The fourth-order valence-corrected chi connectivity index (χ4v) is 2.18. The van der Waals surface area contributed by atoms with Crippen LogP contribution in [0.15, 0.2) is 42.5 Å². The standard InChI is InChI=1S/C18H20N2O2/c1-4-22-18(21)20-17(15-8-6-5-7-9-15)12-16-11-13(2)10-14(3)19-16/h5-12H,4H2,1-3H3,(H,20,21)/b17-12+. The summed E-state index contributed by atoms with van der Waals surface area (Å²) < 4.78 is 4.97. The summed E-state index contributed by atoms with van der Waals surface area (Å²) in [6.07, 6.45) is 1.38. The quantitative estimate of drug-likeness (QED) is 0.929. The van der Waals surface area contributed by atoms with E-state index in [0.717, 1.165) is 22.5 Å². The highest BCUT2D eigenvalue weighted by atomic mass is 16.5. The van der Waals surface area contributed by atoms with E-state index in [1.165, 1.54) is 0 Å². The number of pyridine rings is 1. The number of carbonyl (C=O) groups excluding carboxylic acids is 1. The van der Waals surface area contributed by atoms with E-state index in [-0.39, 0.29) is 0 Å². The molecule has 1 N–H and O–H groups in total. The van der Waals surface area contributed by atoms with Crippen LogP contribution >= 0.6 is 0 Å². The van der Waals surface area contributed by atoms with E-state index in [1.54, 1.807) is 6.92 Å².